The zero-order valence-electron chi connectivity index (χ0n) is 11.9. The van der Waals surface area contributed by atoms with Crippen molar-refractivity contribution in [2.75, 3.05) is 13.6 Å². The van der Waals surface area contributed by atoms with Gasteiger partial charge in [0.2, 0.25) is 0 Å². The number of nitrogens with zero attached hydrogens (tertiary/aromatic N) is 2. The van der Waals surface area contributed by atoms with Gasteiger partial charge in [-0.1, -0.05) is 42.2 Å². The molecule has 2 N–H and O–H groups in total. The Balaban J connectivity index is 2.20. The Hall–Kier alpha value is -2.64. The summed E-state index contributed by atoms with van der Waals surface area (Å²) in [5, 5.41) is 0. The van der Waals surface area contributed by atoms with Gasteiger partial charge in [-0.25, -0.2) is 4.98 Å². The van der Waals surface area contributed by atoms with Crippen LogP contribution in [0.15, 0.2) is 48.7 Å². The van der Waals surface area contributed by atoms with Gasteiger partial charge in [-0.3, -0.25) is 4.79 Å². The van der Waals surface area contributed by atoms with E-state index in [2.05, 4.69) is 16.8 Å². The third-order valence-corrected chi connectivity index (χ3v) is 2.94. The first-order valence-corrected chi connectivity index (χ1v) is 6.65. The minimum absolute atomic E-state index is 0.152. The molecule has 0 radical (unpaired) electrons. The molecule has 21 heavy (non-hydrogen) atoms. The summed E-state index contributed by atoms with van der Waals surface area (Å²) in [6, 6.07) is 13.4. The molecule has 4 nitrogen and oxygen atoms in total. The molecule has 0 fully saturated rings. The number of carbonyl (C=O) groups is 1. The maximum Gasteiger partial charge on any atom is 0.273 e. The molecule has 0 spiro atoms. The fraction of sp³-hybridized carbons (Fsp3) is 0.176. The van der Waals surface area contributed by atoms with Crippen molar-refractivity contribution in [3.8, 4) is 11.8 Å². The first kappa shape index (κ1) is 14.8. The molecule has 2 aromatic rings. The molecule has 0 aliphatic carbocycles. The molecule has 1 heterocycles. The first-order valence-electron chi connectivity index (χ1n) is 6.65. The molecule has 1 aromatic carbocycles. The lowest BCUT2D eigenvalue weighted by Gasteiger charge is -2.17. The Morgan fingerprint density at radius 1 is 1.24 bits per heavy atom. The Kier molecular flexibility index (Phi) is 5.08. The standard InChI is InChI=1S/C17H17N3O/c1-20(13-14-7-3-2-4-8-14)17(21)16-15(9-5-11-18)10-6-12-19-16/h2-4,6-8,10,12H,11,13,18H2,1H3. The second-order valence-corrected chi connectivity index (χ2v) is 4.55. The SMILES string of the molecule is CN(Cc1ccccc1)C(=O)c1ncccc1C#CCN. The molecule has 0 atom stereocenters. The average Bonchev–Trinajstić information content (AvgIpc) is 2.53. The Bertz CT molecular complexity index is 671. The lowest BCUT2D eigenvalue weighted by atomic mass is 10.1. The summed E-state index contributed by atoms with van der Waals surface area (Å²) in [5.74, 6) is 5.49. The first-order chi connectivity index (χ1) is 10.2. The van der Waals surface area contributed by atoms with E-state index in [1.165, 1.54) is 0 Å². The van der Waals surface area contributed by atoms with E-state index >= 15 is 0 Å². The van der Waals surface area contributed by atoms with Crippen LogP contribution < -0.4 is 5.73 Å². The van der Waals surface area contributed by atoms with E-state index in [0.717, 1.165) is 5.56 Å². The van der Waals surface area contributed by atoms with Crippen molar-refractivity contribution in [3.63, 3.8) is 0 Å². The van der Waals surface area contributed by atoms with E-state index in [-0.39, 0.29) is 12.5 Å². The maximum atomic E-state index is 12.5. The molecule has 0 aliphatic heterocycles. The highest BCUT2D eigenvalue weighted by atomic mass is 16.2. The van der Waals surface area contributed by atoms with Gasteiger partial charge in [0.15, 0.2) is 0 Å². The maximum absolute atomic E-state index is 12.5. The van der Waals surface area contributed by atoms with Crippen molar-refractivity contribution >= 4 is 5.91 Å². The minimum atomic E-state index is -0.152. The van der Waals surface area contributed by atoms with Gasteiger partial charge in [0, 0.05) is 19.8 Å². The van der Waals surface area contributed by atoms with Gasteiger partial charge in [-0.15, -0.1) is 0 Å². The van der Waals surface area contributed by atoms with Crippen molar-refractivity contribution in [2.24, 2.45) is 5.73 Å². The summed E-state index contributed by atoms with van der Waals surface area (Å²) in [4.78, 5) is 18.3. The lowest BCUT2D eigenvalue weighted by molar-refractivity contribution is 0.0779. The summed E-state index contributed by atoms with van der Waals surface area (Å²) in [6.07, 6.45) is 1.59. The summed E-state index contributed by atoms with van der Waals surface area (Å²) in [5.41, 5.74) is 7.41. The number of hydrogen-bond donors (Lipinski definition) is 1. The molecule has 0 aliphatic rings. The Labute approximate surface area is 124 Å². The number of carbonyl (C=O) groups excluding carboxylic acids is 1. The molecule has 0 unspecified atom stereocenters. The topological polar surface area (TPSA) is 59.2 Å². The summed E-state index contributed by atoms with van der Waals surface area (Å²) in [6.45, 7) is 0.780. The molecule has 1 amide bonds. The molecule has 0 bridgehead atoms. The van der Waals surface area contributed by atoms with Gasteiger partial charge in [0.25, 0.3) is 5.91 Å². The van der Waals surface area contributed by atoms with Crippen LogP contribution >= 0.6 is 0 Å². The van der Waals surface area contributed by atoms with Crippen LogP contribution in [-0.2, 0) is 6.54 Å². The predicted molar refractivity (Wildman–Crippen MR) is 82.4 cm³/mol. The number of amides is 1. The zero-order valence-corrected chi connectivity index (χ0v) is 11.9. The van der Waals surface area contributed by atoms with Crippen LogP contribution in [0, 0.1) is 11.8 Å². The van der Waals surface area contributed by atoms with Crippen molar-refractivity contribution in [2.45, 2.75) is 6.54 Å². The van der Waals surface area contributed by atoms with Crippen LogP contribution in [-0.4, -0.2) is 29.4 Å². The van der Waals surface area contributed by atoms with Gasteiger partial charge in [-0.05, 0) is 17.7 Å². The smallest absolute Gasteiger partial charge is 0.273 e. The highest BCUT2D eigenvalue weighted by molar-refractivity contribution is 5.94. The van der Waals surface area contributed by atoms with Crippen LogP contribution in [0.3, 0.4) is 0 Å². The normalized spacial score (nSPS) is 9.62. The Morgan fingerprint density at radius 3 is 2.71 bits per heavy atom. The average molecular weight is 279 g/mol. The van der Waals surface area contributed by atoms with Crippen molar-refractivity contribution < 1.29 is 4.79 Å². The number of nitrogens with two attached hydrogens (primary N) is 1. The number of rotatable bonds is 3. The fourth-order valence-electron chi connectivity index (χ4n) is 1.93. The highest BCUT2D eigenvalue weighted by Crippen LogP contribution is 2.10. The number of pyridine rings is 1. The number of hydrogen-bond acceptors (Lipinski definition) is 3. The van der Waals surface area contributed by atoms with E-state index < -0.39 is 0 Å². The molecule has 2 rings (SSSR count). The van der Waals surface area contributed by atoms with Crippen molar-refractivity contribution in [1.82, 2.24) is 9.88 Å². The second-order valence-electron chi connectivity index (χ2n) is 4.55. The van der Waals surface area contributed by atoms with Crippen LogP contribution in [0.2, 0.25) is 0 Å². The molecule has 106 valence electrons. The van der Waals surface area contributed by atoms with Crippen LogP contribution in [0.1, 0.15) is 21.6 Å². The molecule has 1 aromatic heterocycles. The summed E-state index contributed by atoms with van der Waals surface area (Å²) in [7, 11) is 1.75. The van der Waals surface area contributed by atoms with Crippen LogP contribution in [0.4, 0.5) is 0 Å². The minimum Gasteiger partial charge on any atom is -0.336 e. The van der Waals surface area contributed by atoms with Gasteiger partial charge in [0.05, 0.1) is 12.1 Å². The van der Waals surface area contributed by atoms with Crippen molar-refractivity contribution in [1.29, 1.82) is 0 Å². The quantitative estimate of drug-likeness (QED) is 0.869. The van der Waals surface area contributed by atoms with E-state index in [0.29, 0.717) is 17.8 Å². The fourth-order valence-corrected chi connectivity index (χ4v) is 1.93. The predicted octanol–water partition coefficient (Wildman–Crippen LogP) is 1.66. The summed E-state index contributed by atoms with van der Waals surface area (Å²) >= 11 is 0. The van der Waals surface area contributed by atoms with E-state index in [4.69, 9.17) is 5.73 Å². The van der Waals surface area contributed by atoms with Gasteiger partial charge in [0.1, 0.15) is 5.69 Å². The number of aromatic nitrogens is 1. The van der Waals surface area contributed by atoms with Gasteiger partial charge < -0.3 is 10.6 Å². The monoisotopic (exact) mass is 279 g/mol. The van der Waals surface area contributed by atoms with Gasteiger partial charge >= 0.3 is 0 Å². The van der Waals surface area contributed by atoms with Crippen molar-refractivity contribution in [3.05, 3.63) is 65.5 Å². The molecular formula is C17H17N3O. The summed E-state index contributed by atoms with van der Waals surface area (Å²) < 4.78 is 0. The van der Waals surface area contributed by atoms with Gasteiger partial charge in [-0.2, -0.15) is 0 Å². The Morgan fingerprint density at radius 2 is 2.00 bits per heavy atom. The van der Waals surface area contributed by atoms with E-state index in [1.54, 1.807) is 30.3 Å². The molecular weight excluding hydrogens is 262 g/mol. The third-order valence-electron chi connectivity index (χ3n) is 2.94. The third kappa shape index (κ3) is 3.91. The van der Waals surface area contributed by atoms with Crippen LogP contribution in [0.25, 0.3) is 0 Å². The second kappa shape index (κ2) is 7.22. The number of benzene rings is 1. The highest BCUT2D eigenvalue weighted by Gasteiger charge is 2.16. The van der Waals surface area contributed by atoms with Crippen LogP contribution in [0.5, 0.6) is 0 Å². The van der Waals surface area contributed by atoms with E-state index in [9.17, 15) is 4.79 Å². The lowest BCUT2D eigenvalue weighted by Crippen LogP contribution is -2.27. The molecule has 4 heteroatoms. The molecule has 0 saturated heterocycles. The van der Waals surface area contributed by atoms with E-state index in [1.807, 2.05) is 30.3 Å². The molecule has 0 saturated carbocycles. The largest absolute Gasteiger partial charge is 0.336 e. The zero-order chi connectivity index (χ0) is 15.1.